The second kappa shape index (κ2) is 3.99. The number of hydrogen-bond acceptors (Lipinski definition) is 1. The summed E-state index contributed by atoms with van der Waals surface area (Å²) >= 11 is 3.58. The first-order valence-electron chi connectivity index (χ1n) is 4.84. The highest BCUT2D eigenvalue weighted by Gasteiger charge is 2.29. The molecular weight excluding hydrogens is 230 g/mol. The zero-order valence-corrected chi connectivity index (χ0v) is 10.2. The zero-order chi connectivity index (χ0) is 10.1. The van der Waals surface area contributed by atoms with Crippen LogP contribution in [0.3, 0.4) is 0 Å². The predicted octanol–water partition coefficient (Wildman–Crippen LogP) is 2.42. The van der Waals surface area contributed by atoms with Crippen molar-refractivity contribution in [2.75, 3.05) is 13.1 Å². The van der Waals surface area contributed by atoms with Gasteiger partial charge in [-0.05, 0) is 12.8 Å². The molecule has 0 N–H and O–H groups in total. The third kappa shape index (κ3) is 2.97. The molecule has 0 radical (unpaired) electrons. The molecule has 0 atom stereocenters. The van der Waals surface area contributed by atoms with Crippen molar-refractivity contribution in [2.45, 2.75) is 38.4 Å². The van der Waals surface area contributed by atoms with Gasteiger partial charge < -0.3 is 4.90 Å². The fourth-order valence-corrected chi connectivity index (χ4v) is 1.93. The van der Waals surface area contributed by atoms with E-state index in [9.17, 15) is 4.79 Å². The van der Waals surface area contributed by atoms with E-state index in [1.54, 1.807) is 0 Å². The summed E-state index contributed by atoms with van der Waals surface area (Å²) in [5.41, 5.74) is -0.223. The molecule has 0 aromatic rings. The minimum atomic E-state index is -0.223. The summed E-state index contributed by atoms with van der Waals surface area (Å²) in [6.07, 6.45) is 2.17. The molecule has 0 aromatic heterocycles. The summed E-state index contributed by atoms with van der Waals surface area (Å²) in [5, 5.41) is 0. The molecule has 76 valence electrons. The van der Waals surface area contributed by atoms with Gasteiger partial charge in [-0.25, -0.2) is 0 Å². The molecule has 1 heterocycles. The number of alkyl halides is 1. The lowest BCUT2D eigenvalue weighted by molar-refractivity contribution is -0.140. The first kappa shape index (κ1) is 11.0. The molecule has 0 spiro atoms. The van der Waals surface area contributed by atoms with Crippen LogP contribution >= 0.6 is 15.9 Å². The highest BCUT2D eigenvalue weighted by atomic mass is 79.9. The summed E-state index contributed by atoms with van der Waals surface area (Å²) in [6.45, 7) is 7.76. The number of amides is 1. The van der Waals surface area contributed by atoms with Gasteiger partial charge in [0.15, 0.2) is 0 Å². The van der Waals surface area contributed by atoms with Crippen LogP contribution in [0.5, 0.6) is 0 Å². The Morgan fingerprint density at radius 1 is 1.31 bits per heavy atom. The lowest BCUT2D eigenvalue weighted by Gasteiger charge is -2.34. The van der Waals surface area contributed by atoms with Crippen molar-refractivity contribution in [2.24, 2.45) is 5.41 Å². The van der Waals surface area contributed by atoms with E-state index in [0.29, 0.717) is 4.83 Å². The van der Waals surface area contributed by atoms with E-state index in [2.05, 4.69) is 15.9 Å². The van der Waals surface area contributed by atoms with Crippen LogP contribution in [0.1, 0.15) is 33.6 Å². The first-order valence-corrected chi connectivity index (χ1v) is 5.76. The van der Waals surface area contributed by atoms with Crippen molar-refractivity contribution in [3.05, 3.63) is 0 Å². The second-order valence-electron chi connectivity index (χ2n) is 4.72. The van der Waals surface area contributed by atoms with Gasteiger partial charge in [0.25, 0.3) is 0 Å². The highest BCUT2D eigenvalue weighted by Crippen LogP contribution is 2.23. The number of piperidine rings is 1. The van der Waals surface area contributed by atoms with Crippen LogP contribution in [0.15, 0.2) is 0 Å². The quantitative estimate of drug-likeness (QED) is 0.603. The molecule has 1 fully saturated rings. The topological polar surface area (TPSA) is 20.3 Å². The molecule has 0 aliphatic carbocycles. The molecule has 3 heteroatoms. The molecule has 1 aliphatic rings. The van der Waals surface area contributed by atoms with E-state index in [4.69, 9.17) is 0 Å². The number of halogens is 1. The Labute approximate surface area is 88.8 Å². The standard InChI is InChI=1S/C10H18BrNO/c1-10(2,3)9(13)12-6-4-8(11)5-7-12/h8H,4-7H2,1-3H3. The number of hydrogen-bond donors (Lipinski definition) is 0. The van der Waals surface area contributed by atoms with E-state index >= 15 is 0 Å². The highest BCUT2D eigenvalue weighted by molar-refractivity contribution is 9.09. The Balaban J connectivity index is 2.50. The van der Waals surface area contributed by atoms with Gasteiger partial charge >= 0.3 is 0 Å². The van der Waals surface area contributed by atoms with E-state index in [1.165, 1.54) is 0 Å². The lowest BCUT2D eigenvalue weighted by atomic mass is 9.93. The van der Waals surface area contributed by atoms with Crippen LogP contribution in [0.4, 0.5) is 0 Å². The van der Waals surface area contributed by atoms with Crippen molar-refractivity contribution < 1.29 is 4.79 Å². The van der Waals surface area contributed by atoms with Gasteiger partial charge in [0.05, 0.1) is 0 Å². The van der Waals surface area contributed by atoms with E-state index < -0.39 is 0 Å². The Morgan fingerprint density at radius 2 is 1.77 bits per heavy atom. The van der Waals surface area contributed by atoms with Gasteiger partial charge in [-0.3, -0.25) is 4.79 Å². The smallest absolute Gasteiger partial charge is 0.227 e. The third-order valence-corrected chi connectivity index (χ3v) is 3.27. The maximum absolute atomic E-state index is 11.8. The predicted molar refractivity (Wildman–Crippen MR) is 58.0 cm³/mol. The van der Waals surface area contributed by atoms with Crippen LogP contribution in [0, 0.1) is 5.41 Å². The summed E-state index contributed by atoms with van der Waals surface area (Å²) in [5.74, 6) is 0.284. The summed E-state index contributed by atoms with van der Waals surface area (Å²) < 4.78 is 0. The largest absolute Gasteiger partial charge is 0.342 e. The van der Waals surface area contributed by atoms with Crippen LogP contribution < -0.4 is 0 Å². The van der Waals surface area contributed by atoms with Crippen molar-refractivity contribution >= 4 is 21.8 Å². The van der Waals surface area contributed by atoms with Crippen molar-refractivity contribution in [3.8, 4) is 0 Å². The molecule has 2 nitrogen and oxygen atoms in total. The number of rotatable bonds is 0. The minimum absolute atomic E-state index is 0.223. The second-order valence-corrected chi connectivity index (χ2v) is 6.01. The Bertz CT molecular complexity index is 190. The molecule has 1 saturated heterocycles. The van der Waals surface area contributed by atoms with Gasteiger partial charge in [-0.15, -0.1) is 0 Å². The monoisotopic (exact) mass is 247 g/mol. The van der Waals surface area contributed by atoms with Crippen molar-refractivity contribution in [3.63, 3.8) is 0 Å². The fraction of sp³-hybridized carbons (Fsp3) is 0.900. The molecule has 13 heavy (non-hydrogen) atoms. The molecule has 1 amide bonds. The number of likely N-dealkylation sites (tertiary alicyclic amines) is 1. The summed E-state index contributed by atoms with van der Waals surface area (Å²) in [7, 11) is 0. The summed E-state index contributed by atoms with van der Waals surface area (Å²) in [4.78, 5) is 14.4. The molecule has 1 rings (SSSR count). The lowest BCUT2D eigenvalue weighted by Crippen LogP contribution is -2.44. The van der Waals surface area contributed by atoms with E-state index in [0.717, 1.165) is 25.9 Å². The molecule has 0 aromatic carbocycles. The maximum atomic E-state index is 11.8. The Hall–Kier alpha value is -0.0500. The van der Waals surface area contributed by atoms with E-state index in [-0.39, 0.29) is 11.3 Å². The third-order valence-electron chi connectivity index (χ3n) is 2.35. The molecule has 1 aliphatic heterocycles. The fourth-order valence-electron chi connectivity index (χ4n) is 1.53. The van der Waals surface area contributed by atoms with Crippen molar-refractivity contribution in [1.29, 1.82) is 0 Å². The van der Waals surface area contributed by atoms with Crippen LogP contribution in [0.25, 0.3) is 0 Å². The van der Waals surface area contributed by atoms with Crippen molar-refractivity contribution in [1.82, 2.24) is 4.90 Å². The number of carbonyl (C=O) groups excluding carboxylic acids is 1. The Kier molecular flexibility index (Phi) is 3.38. The molecule has 0 saturated carbocycles. The SMILES string of the molecule is CC(C)(C)C(=O)N1CCC(Br)CC1. The van der Waals surface area contributed by atoms with Crippen LogP contribution in [0.2, 0.25) is 0 Å². The van der Waals surface area contributed by atoms with Gasteiger partial charge in [0.1, 0.15) is 0 Å². The number of nitrogens with zero attached hydrogens (tertiary/aromatic N) is 1. The van der Waals surface area contributed by atoms with Gasteiger partial charge in [-0.2, -0.15) is 0 Å². The molecule has 0 unspecified atom stereocenters. The van der Waals surface area contributed by atoms with Gasteiger partial charge in [0, 0.05) is 23.3 Å². The minimum Gasteiger partial charge on any atom is -0.342 e. The average molecular weight is 248 g/mol. The van der Waals surface area contributed by atoms with Crippen LogP contribution in [-0.4, -0.2) is 28.7 Å². The molecular formula is C10H18BrNO. The van der Waals surface area contributed by atoms with Crippen LogP contribution in [-0.2, 0) is 4.79 Å². The van der Waals surface area contributed by atoms with E-state index in [1.807, 2.05) is 25.7 Å². The maximum Gasteiger partial charge on any atom is 0.227 e. The zero-order valence-electron chi connectivity index (χ0n) is 8.64. The van der Waals surface area contributed by atoms with Gasteiger partial charge in [0.2, 0.25) is 5.91 Å². The summed E-state index contributed by atoms with van der Waals surface area (Å²) in [6, 6.07) is 0. The Morgan fingerprint density at radius 3 is 2.15 bits per heavy atom. The van der Waals surface area contributed by atoms with Gasteiger partial charge in [-0.1, -0.05) is 36.7 Å². The normalized spacial score (nSPS) is 20.5. The average Bonchev–Trinajstić information content (AvgIpc) is 2.03. The first-order chi connectivity index (χ1) is 5.91. The number of carbonyl (C=O) groups is 1. The molecule has 0 bridgehead atoms.